The van der Waals surface area contributed by atoms with Crippen molar-refractivity contribution < 1.29 is 4.79 Å². The van der Waals surface area contributed by atoms with E-state index >= 15 is 0 Å². The fraction of sp³-hybridized carbons (Fsp3) is 0.533. The summed E-state index contributed by atoms with van der Waals surface area (Å²) in [6, 6.07) is 8.28. The topological polar surface area (TPSA) is 32.3 Å². The van der Waals surface area contributed by atoms with Crippen molar-refractivity contribution in [1.29, 1.82) is 0 Å². The molecule has 0 aliphatic heterocycles. The van der Waals surface area contributed by atoms with E-state index < -0.39 is 0 Å². The van der Waals surface area contributed by atoms with E-state index in [2.05, 4.69) is 30.4 Å². The summed E-state index contributed by atoms with van der Waals surface area (Å²) < 4.78 is 0. The van der Waals surface area contributed by atoms with Crippen LogP contribution < -0.4 is 5.32 Å². The lowest BCUT2D eigenvalue weighted by Crippen LogP contribution is -2.23. The number of carbonyl (C=O) groups is 1. The first-order chi connectivity index (χ1) is 9.13. The van der Waals surface area contributed by atoms with Crippen LogP contribution in [0.1, 0.15) is 25.8 Å². The van der Waals surface area contributed by atoms with Crippen LogP contribution in [0.4, 0.5) is 5.69 Å². The number of hydrogen-bond acceptors (Lipinski definition) is 3. The second-order valence-electron chi connectivity index (χ2n) is 4.55. The monoisotopic (exact) mass is 280 g/mol. The second kappa shape index (κ2) is 8.86. The summed E-state index contributed by atoms with van der Waals surface area (Å²) in [6.07, 6.45) is 1.18. The molecule has 1 N–H and O–H groups in total. The van der Waals surface area contributed by atoms with Crippen LogP contribution in [0.2, 0.25) is 0 Å². The van der Waals surface area contributed by atoms with E-state index in [-0.39, 0.29) is 5.91 Å². The zero-order valence-corrected chi connectivity index (χ0v) is 12.9. The van der Waals surface area contributed by atoms with E-state index in [1.54, 1.807) is 11.8 Å². The molecule has 1 amide bonds. The molecule has 0 radical (unpaired) electrons. The first-order valence-electron chi connectivity index (χ1n) is 6.75. The minimum atomic E-state index is 0.0925. The zero-order valence-electron chi connectivity index (χ0n) is 12.1. The lowest BCUT2D eigenvalue weighted by molar-refractivity contribution is -0.128. The highest BCUT2D eigenvalue weighted by Gasteiger charge is 2.03. The van der Waals surface area contributed by atoms with E-state index in [1.165, 1.54) is 17.9 Å². The molecule has 4 heteroatoms. The minimum Gasteiger partial charge on any atom is -0.385 e. The Bertz CT molecular complexity index is 395. The van der Waals surface area contributed by atoms with Crippen molar-refractivity contribution in [2.45, 2.75) is 26.8 Å². The molecule has 0 atom stereocenters. The highest BCUT2D eigenvalue weighted by molar-refractivity contribution is 7.99. The van der Waals surface area contributed by atoms with Crippen molar-refractivity contribution in [1.82, 2.24) is 4.90 Å². The molecule has 0 heterocycles. The molecule has 1 rings (SSSR count). The summed E-state index contributed by atoms with van der Waals surface area (Å²) in [5, 5.41) is 3.43. The molecule has 0 aromatic heterocycles. The SMILES string of the molecule is CCSCCCNc1cccc(CN(C)C(C)=O)c1. The third-order valence-corrected chi connectivity index (χ3v) is 3.87. The van der Waals surface area contributed by atoms with Gasteiger partial charge in [-0.15, -0.1) is 0 Å². The number of nitrogens with one attached hydrogen (secondary N) is 1. The Morgan fingerprint density at radius 3 is 2.89 bits per heavy atom. The van der Waals surface area contributed by atoms with Crippen LogP contribution in [-0.4, -0.2) is 35.9 Å². The fourth-order valence-electron chi connectivity index (χ4n) is 1.72. The average molecular weight is 280 g/mol. The van der Waals surface area contributed by atoms with Gasteiger partial charge in [-0.25, -0.2) is 0 Å². The molecule has 0 saturated carbocycles. The van der Waals surface area contributed by atoms with Crippen molar-refractivity contribution >= 4 is 23.4 Å². The number of benzene rings is 1. The second-order valence-corrected chi connectivity index (χ2v) is 5.95. The molecule has 0 unspecified atom stereocenters. The van der Waals surface area contributed by atoms with Gasteiger partial charge < -0.3 is 10.2 Å². The predicted octanol–water partition coefficient (Wildman–Crippen LogP) is 3.22. The van der Waals surface area contributed by atoms with Gasteiger partial charge in [-0.3, -0.25) is 4.79 Å². The van der Waals surface area contributed by atoms with Crippen molar-refractivity contribution in [3.63, 3.8) is 0 Å². The summed E-state index contributed by atoms with van der Waals surface area (Å²) in [7, 11) is 1.82. The third kappa shape index (κ3) is 6.53. The molecule has 0 bridgehead atoms. The maximum atomic E-state index is 11.2. The van der Waals surface area contributed by atoms with E-state index in [9.17, 15) is 4.79 Å². The molecule has 0 spiro atoms. The van der Waals surface area contributed by atoms with Crippen LogP contribution in [0, 0.1) is 0 Å². The Morgan fingerprint density at radius 2 is 2.21 bits per heavy atom. The van der Waals surface area contributed by atoms with Gasteiger partial charge in [-0.05, 0) is 35.6 Å². The molecule has 3 nitrogen and oxygen atoms in total. The molecule has 106 valence electrons. The number of amides is 1. The molecule has 1 aromatic rings. The van der Waals surface area contributed by atoms with Gasteiger partial charge in [0.1, 0.15) is 0 Å². The highest BCUT2D eigenvalue weighted by Crippen LogP contribution is 2.12. The lowest BCUT2D eigenvalue weighted by atomic mass is 10.2. The highest BCUT2D eigenvalue weighted by atomic mass is 32.2. The summed E-state index contributed by atoms with van der Waals surface area (Å²) in [5.41, 5.74) is 2.29. The molecule has 0 saturated heterocycles. The summed E-state index contributed by atoms with van der Waals surface area (Å²) in [6.45, 7) is 5.44. The lowest BCUT2D eigenvalue weighted by Gasteiger charge is -2.15. The van der Waals surface area contributed by atoms with Gasteiger partial charge in [0.25, 0.3) is 0 Å². The summed E-state index contributed by atoms with van der Waals surface area (Å²) in [4.78, 5) is 12.9. The quantitative estimate of drug-likeness (QED) is 0.742. The van der Waals surface area contributed by atoms with Crippen LogP contribution in [-0.2, 0) is 11.3 Å². The molecule has 0 aliphatic carbocycles. The number of thioether (sulfide) groups is 1. The minimum absolute atomic E-state index is 0.0925. The standard InChI is InChI=1S/C15H24N2OS/c1-4-19-10-6-9-16-15-8-5-7-14(11-15)12-17(3)13(2)18/h5,7-8,11,16H,4,6,9-10,12H2,1-3H3. The number of nitrogens with zero attached hydrogens (tertiary/aromatic N) is 1. The largest absolute Gasteiger partial charge is 0.385 e. The Hall–Kier alpha value is -1.16. The molecular weight excluding hydrogens is 256 g/mol. The molecule has 19 heavy (non-hydrogen) atoms. The van der Waals surface area contributed by atoms with E-state index in [0.29, 0.717) is 6.54 Å². The van der Waals surface area contributed by atoms with Crippen LogP contribution >= 0.6 is 11.8 Å². The smallest absolute Gasteiger partial charge is 0.219 e. The zero-order chi connectivity index (χ0) is 14.1. The van der Waals surface area contributed by atoms with Crippen molar-refractivity contribution in [2.24, 2.45) is 0 Å². The van der Waals surface area contributed by atoms with Gasteiger partial charge in [-0.2, -0.15) is 11.8 Å². The first kappa shape index (κ1) is 15.9. The maximum Gasteiger partial charge on any atom is 0.219 e. The van der Waals surface area contributed by atoms with Crippen molar-refractivity contribution in [3.8, 4) is 0 Å². The number of rotatable bonds is 8. The van der Waals surface area contributed by atoms with Gasteiger partial charge in [0.2, 0.25) is 5.91 Å². The molecule has 0 aliphatic rings. The Balaban J connectivity index is 2.41. The van der Waals surface area contributed by atoms with E-state index in [0.717, 1.165) is 17.8 Å². The van der Waals surface area contributed by atoms with Crippen molar-refractivity contribution in [2.75, 3.05) is 30.4 Å². The van der Waals surface area contributed by atoms with Crippen LogP contribution in [0.15, 0.2) is 24.3 Å². The fourth-order valence-corrected chi connectivity index (χ4v) is 2.35. The van der Waals surface area contributed by atoms with Gasteiger partial charge in [0, 0.05) is 32.7 Å². The molecule has 0 fully saturated rings. The predicted molar refractivity (Wildman–Crippen MR) is 84.7 cm³/mol. The van der Waals surface area contributed by atoms with Gasteiger partial charge in [0.05, 0.1) is 0 Å². The summed E-state index contributed by atoms with van der Waals surface area (Å²) >= 11 is 1.97. The van der Waals surface area contributed by atoms with Crippen LogP contribution in [0.25, 0.3) is 0 Å². The number of anilines is 1. The molecular formula is C15H24N2OS. The first-order valence-corrected chi connectivity index (χ1v) is 7.91. The van der Waals surface area contributed by atoms with Crippen LogP contribution in [0.3, 0.4) is 0 Å². The normalized spacial score (nSPS) is 10.3. The van der Waals surface area contributed by atoms with Crippen molar-refractivity contribution in [3.05, 3.63) is 29.8 Å². The Labute approximate surface area is 120 Å². The molecule has 1 aromatic carbocycles. The average Bonchev–Trinajstić information content (AvgIpc) is 2.39. The van der Waals surface area contributed by atoms with Gasteiger partial charge in [-0.1, -0.05) is 19.1 Å². The number of carbonyl (C=O) groups excluding carboxylic acids is 1. The maximum absolute atomic E-state index is 11.2. The van der Waals surface area contributed by atoms with E-state index in [1.807, 2.05) is 24.9 Å². The Kier molecular flexibility index (Phi) is 7.41. The third-order valence-electron chi connectivity index (χ3n) is 2.88. The van der Waals surface area contributed by atoms with Gasteiger partial charge in [0.15, 0.2) is 0 Å². The summed E-state index contributed by atoms with van der Waals surface area (Å²) in [5.74, 6) is 2.48. The number of hydrogen-bond donors (Lipinski definition) is 1. The Morgan fingerprint density at radius 1 is 1.42 bits per heavy atom. The van der Waals surface area contributed by atoms with E-state index in [4.69, 9.17) is 0 Å². The van der Waals surface area contributed by atoms with Gasteiger partial charge >= 0.3 is 0 Å². The van der Waals surface area contributed by atoms with Crippen LogP contribution in [0.5, 0.6) is 0 Å².